The van der Waals surface area contributed by atoms with Gasteiger partial charge in [0.2, 0.25) is 17.6 Å². The van der Waals surface area contributed by atoms with Gasteiger partial charge in [-0.05, 0) is 57.3 Å². The van der Waals surface area contributed by atoms with Crippen molar-refractivity contribution < 1.29 is 32.4 Å². The summed E-state index contributed by atoms with van der Waals surface area (Å²) in [6, 6.07) is -3.46. The Balaban J connectivity index is 1.74. The molecule has 0 aromatic heterocycles. The summed E-state index contributed by atoms with van der Waals surface area (Å²) in [5.41, 5.74) is -1.67. The highest BCUT2D eigenvalue weighted by Gasteiger charge is 2.46. The van der Waals surface area contributed by atoms with Crippen molar-refractivity contribution in [1.82, 2.24) is 26.2 Å². The minimum atomic E-state index is -3.45. The summed E-state index contributed by atoms with van der Waals surface area (Å²) in [6.45, 7) is 9.21. The lowest BCUT2D eigenvalue weighted by Crippen LogP contribution is -2.64. The quantitative estimate of drug-likeness (QED) is 0.240. The monoisotopic (exact) mass is 625 g/mol. The Hall–Kier alpha value is -2.70. The van der Waals surface area contributed by atoms with Gasteiger partial charge in [-0.3, -0.25) is 19.2 Å². The van der Waals surface area contributed by atoms with Crippen molar-refractivity contribution in [2.24, 2.45) is 5.41 Å². The third kappa shape index (κ3) is 8.92. The van der Waals surface area contributed by atoms with Crippen molar-refractivity contribution in [1.29, 1.82) is 0 Å². The second-order valence-electron chi connectivity index (χ2n) is 13.7. The van der Waals surface area contributed by atoms with Gasteiger partial charge in [-0.15, -0.1) is 0 Å². The van der Waals surface area contributed by atoms with Crippen molar-refractivity contribution in [3.05, 3.63) is 0 Å². The van der Waals surface area contributed by atoms with Gasteiger partial charge in [-0.1, -0.05) is 53.4 Å². The Bertz CT molecular complexity index is 1170. The van der Waals surface area contributed by atoms with Gasteiger partial charge in [0.05, 0.1) is 16.8 Å². The number of hydrogen-bond donors (Lipinski definition) is 4. The van der Waals surface area contributed by atoms with Gasteiger partial charge in [0.25, 0.3) is 5.91 Å². The predicted octanol–water partition coefficient (Wildman–Crippen LogP) is 1.96. The van der Waals surface area contributed by atoms with E-state index in [9.17, 15) is 32.4 Å². The molecule has 4 atom stereocenters. The summed E-state index contributed by atoms with van der Waals surface area (Å²) in [6.07, 6.45) is 8.24. The molecule has 0 aromatic carbocycles. The Morgan fingerprint density at radius 1 is 0.953 bits per heavy atom. The van der Waals surface area contributed by atoms with Gasteiger partial charge in [-0.2, -0.15) is 0 Å². The first-order chi connectivity index (χ1) is 20.0. The fourth-order valence-corrected chi connectivity index (χ4v) is 7.32. The van der Waals surface area contributed by atoms with Crippen LogP contribution in [0, 0.1) is 5.41 Å². The number of carbonyl (C=O) groups is 5. The van der Waals surface area contributed by atoms with Crippen molar-refractivity contribution in [2.75, 3.05) is 12.8 Å². The van der Waals surface area contributed by atoms with Gasteiger partial charge in [0, 0.05) is 18.8 Å². The van der Waals surface area contributed by atoms with Gasteiger partial charge < -0.3 is 26.2 Å². The smallest absolute Gasteiger partial charge is 0.315 e. The highest BCUT2D eigenvalue weighted by molar-refractivity contribution is 7.91. The molecule has 3 fully saturated rings. The van der Waals surface area contributed by atoms with E-state index in [-0.39, 0.29) is 6.04 Å². The number of sulfone groups is 1. The fraction of sp³-hybridized carbons (Fsp3) is 0.833. The zero-order valence-corrected chi connectivity index (χ0v) is 27.4. The summed E-state index contributed by atoms with van der Waals surface area (Å²) >= 11 is 0. The number of ketones is 1. The van der Waals surface area contributed by atoms with Crippen LogP contribution in [0.5, 0.6) is 0 Å². The first-order valence-electron chi connectivity index (χ1n) is 15.7. The maximum Gasteiger partial charge on any atom is 0.315 e. The largest absolute Gasteiger partial charge is 0.347 e. The van der Waals surface area contributed by atoms with E-state index in [2.05, 4.69) is 21.3 Å². The third-order valence-electron chi connectivity index (χ3n) is 9.10. The van der Waals surface area contributed by atoms with Gasteiger partial charge in [0.1, 0.15) is 12.1 Å². The van der Waals surface area contributed by atoms with E-state index in [0.717, 1.165) is 32.1 Å². The number of Topliss-reactive ketones (excluding diaryl/α,β-unsaturated/α-hetero) is 1. The van der Waals surface area contributed by atoms with E-state index in [0.29, 0.717) is 45.1 Å². The molecule has 3 rings (SSSR count). The lowest BCUT2D eigenvalue weighted by molar-refractivity contribution is -0.143. The standard InChI is InChI=1S/C30H51N5O7S/c1-7-12-21(23(36)26(38)31-20-14-15-20)32-25(37)22-13-11-18-35(22)27(39)24(29(3,4)5)33-28(40)34-30(16-9-8-10-17-30)19(2)43(6,41)42/h19-22,24H,7-18H2,1-6H3,(H,31,38)(H,32,37)(H2,33,34,40)/t19-,21-,22-,24+/m0/s1. The molecule has 3 aliphatic rings. The molecule has 2 aliphatic carbocycles. The Kier molecular flexibility index (Phi) is 11.3. The van der Waals surface area contributed by atoms with Crippen LogP contribution >= 0.6 is 0 Å². The van der Waals surface area contributed by atoms with Crippen LogP contribution in [0.25, 0.3) is 0 Å². The normalized spacial score (nSPS) is 22.6. The molecule has 12 nitrogen and oxygen atoms in total. The number of nitrogens with zero attached hydrogens (tertiary/aromatic N) is 1. The van der Waals surface area contributed by atoms with Crippen LogP contribution < -0.4 is 21.3 Å². The van der Waals surface area contributed by atoms with Crippen LogP contribution in [0.3, 0.4) is 0 Å². The summed E-state index contributed by atoms with van der Waals surface area (Å²) in [4.78, 5) is 67.5. The highest BCUT2D eigenvalue weighted by Crippen LogP contribution is 2.34. The Labute approximate surface area is 256 Å². The molecule has 1 saturated heterocycles. The average Bonchev–Trinajstić information content (AvgIpc) is 3.60. The molecule has 1 heterocycles. The van der Waals surface area contributed by atoms with Crippen LogP contribution in [-0.4, -0.2) is 90.6 Å². The van der Waals surface area contributed by atoms with E-state index in [1.807, 2.05) is 27.7 Å². The highest BCUT2D eigenvalue weighted by atomic mass is 32.2. The molecule has 0 unspecified atom stereocenters. The van der Waals surface area contributed by atoms with Crippen molar-refractivity contribution >= 4 is 39.4 Å². The van der Waals surface area contributed by atoms with E-state index in [1.165, 1.54) is 11.2 Å². The van der Waals surface area contributed by atoms with E-state index in [4.69, 9.17) is 0 Å². The van der Waals surface area contributed by atoms with Crippen LogP contribution in [0.2, 0.25) is 0 Å². The fourth-order valence-electron chi connectivity index (χ4n) is 6.20. The molecule has 244 valence electrons. The number of likely N-dealkylation sites (tertiary alicyclic amines) is 1. The van der Waals surface area contributed by atoms with Crippen LogP contribution in [0.1, 0.15) is 105 Å². The predicted molar refractivity (Wildman–Crippen MR) is 163 cm³/mol. The number of hydrogen-bond acceptors (Lipinski definition) is 7. The number of carbonyl (C=O) groups excluding carboxylic acids is 5. The molecule has 1 aliphatic heterocycles. The van der Waals surface area contributed by atoms with Crippen molar-refractivity contribution in [2.45, 2.75) is 140 Å². The van der Waals surface area contributed by atoms with E-state index in [1.54, 1.807) is 6.92 Å². The molecule has 0 radical (unpaired) electrons. The topological polar surface area (TPSA) is 171 Å². The Morgan fingerprint density at radius 3 is 2.12 bits per heavy atom. The molecular formula is C30H51N5O7S. The third-order valence-corrected chi connectivity index (χ3v) is 10.8. The lowest BCUT2D eigenvalue weighted by atomic mass is 9.79. The Morgan fingerprint density at radius 2 is 1.58 bits per heavy atom. The summed E-state index contributed by atoms with van der Waals surface area (Å²) in [7, 11) is -3.45. The molecule has 43 heavy (non-hydrogen) atoms. The molecule has 4 N–H and O–H groups in total. The zero-order chi connectivity index (χ0) is 32.2. The molecule has 13 heteroatoms. The molecule has 0 bridgehead atoms. The van der Waals surface area contributed by atoms with Crippen LogP contribution in [-0.2, 0) is 29.0 Å². The first kappa shape index (κ1) is 34.8. The maximum absolute atomic E-state index is 14.0. The number of nitrogens with one attached hydrogen (secondary N) is 4. The minimum Gasteiger partial charge on any atom is -0.347 e. The molecule has 5 amide bonds. The molecule has 0 spiro atoms. The molecular weight excluding hydrogens is 574 g/mol. The second-order valence-corrected chi connectivity index (χ2v) is 16.1. The molecule has 0 aromatic rings. The van der Waals surface area contributed by atoms with Crippen molar-refractivity contribution in [3.8, 4) is 0 Å². The van der Waals surface area contributed by atoms with E-state index >= 15 is 0 Å². The number of rotatable bonds is 12. The maximum atomic E-state index is 14.0. The van der Waals surface area contributed by atoms with Gasteiger partial charge in [-0.25, -0.2) is 13.2 Å². The number of amides is 5. The van der Waals surface area contributed by atoms with Crippen LogP contribution in [0.4, 0.5) is 4.79 Å². The molecule has 2 saturated carbocycles. The van der Waals surface area contributed by atoms with E-state index < -0.39 is 73.7 Å². The first-order valence-corrected chi connectivity index (χ1v) is 17.7. The zero-order valence-electron chi connectivity index (χ0n) is 26.6. The van der Waals surface area contributed by atoms with Crippen LogP contribution in [0.15, 0.2) is 0 Å². The van der Waals surface area contributed by atoms with Gasteiger partial charge >= 0.3 is 6.03 Å². The summed E-state index contributed by atoms with van der Waals surface area (Å²) < 4.78 is 25.0. The second kappa shape index (κ2) is 13.9. The van der Waals surface area contributed by atoms with Gasteiger partial charge in [0.15, 0.2) is 9.84 Å². The summed E-state index contributed by atoms with van der Waals surface area (Å²) in [5, 5.41) is 10.4. The SMILES string of the molecule is CCC[C@H](NC(=O)[C@@H]1CCCN1C(=O)[C@@H](NC(=O)NC1([C@H](C)S(C)(=O)=O)CCCCC1)C(C)(C)C)C(=O)C(=O)NC1CC1. The lowest BCUT2D eigenvalue weighted by Gasteiger charge is -2.43. The summed E-state index contributed by atoms with van der Waals surface area (Å²) in [5.74, 6) is -2.33. The minimum absolute atomic E-state index is 0.0129. The van der Waals surface area contributed by atoms with Crippen molar-refractivity contribution in [3.63, 3.8) is 0 Å². The average molecular weight is 626 g/mol. The number of urea groups is 1.